The molecule has 0 spiro atoms. The van der Waals surface area contributed by atoms with Gasteiger partial charge >= 0.3 is 0 Å². The summed E-state index contributed by atoms with van der Waals surface area (Å²) in [6.45, 7) is 4.28. The molecule has 0 aliphatic heterocycles. The number of hydrogen-bond donors (Lipinski definition) is 0. The third-order valence-electron chi connectivity index (χ3n) is 4.35. The molecule has 2 unspecified atom stereocenters. The molecule has 3 rings (SSSR count). The first kappa shape index (κ1) is 8.52. The van der Waals surface area contributed by atoms with Crippen LogP contribution >= 0.6 is 0 Å². The Balaban J connectivity index is 1.90. The van der Waals surface area contributed by atoms with Crippen molar-refractivity contribution < 1.29 is 0 Å². The third kappa shape index (κ3) is 1.06. The molecule has 3 aliphatic carbocycles. The first-order chi connectivity index (χ1) is 6.88. The molecule has 0 aromatic heterocycles. The minimum atomic E-state index is 0.733. The Morgan fingerprint density at radius 1 is 0.929 bits per heavy atom. The van der Waals surface area contributed by atoms with Crippen LogP contribution in [0.4, 0.5) is 0 Å². The van der Waals surface area contributed by atoms with Crippen molar-refractivity contribution in [3.8, 4) is 0 Å². The predicted octanol–water partition coefficient (Wildman–Crippen LogP) is 3.72. The Morgan fingerprint density at radius 2 is 1.43 bits per heavy atom. The molecule has 0 heterocycles. The maximum Gasteiger partial charge on any atom is 0.00116 e. The van der Waals surface area contributed by atoms with Crippen LogP contribution in [-0.2, 0) is 0 Å². The van der Waals surface area contributed by atoms with Crippen LogP contribution in [0.25, 0.3) is 0 Å². The van der Waals surface area contributed by atoms with E-state index in [0.29, 0.717) is 0 Å². The first-order valence-corrected chi connectivity index (χ1v) is 5.90. The quantitative estimate of drug-likeness (QED) is 0.506. The molecule has 0 aromatic carbocycles. The third-order valence-corrected chi connectivity index (χ3v) is 4.35. The molecule has 3 aliphatic rings. The molecule has 0 nitrogen and oxygen atoms in total. The second-order valence-electron chi connectivity index (χ2n) is 4.97. The summed E-state index contributed by atoms with van der Waals surface area (Å²) in [5, 5.41) is 0. The van der Waals surface area contributed by atoms with E-state index < -0.39 is 0 Å². The van der Waals surface area contributed by atoms with Gasteiger partial charge in [0.25, 0.3) is 0 Å². The van der Waals surface area contributed by atoms with Crippen molar-refractivity contribution in [1.29, 1.82) is 0 Å². The topological polar surface area (TPSA) is 0 Å². The van der Waals surface area contributed by atoms with E-state index in [1.54, 1.807) is 0 Å². The second-order valence-corrected chi connectivity index (χ2v) is 4.97. The SMILES string of the molecule is C=C1C2C=CC1[C@@H]1CC/C=C\CC[C@H]21. The van der Waals surface area contributed by atoms with Gasteiger partial charge in [-0.05, 0) is 37.5 Å². The Bertz CT molecular complexity index is 280. The van der Waals surface area contributed by atoms with Crippen LogP contribution in [0.15, 0.2) is 36.5 Å². The van der Waals surface area contributed by atoms with Gasteiger partial charge in [0.2, 0.25) is 0 Å². The monoisotopic (exact) mass is 186 g/mol. The summed E-state index contributed by atoms with van der Waals surface area (Å²) in [7, 11) is 0. The van der Waals surface area contributed by atoms with Gasteiger partial charge < -0.3 is 0 Å². The lowest BCUT2D eigenvalue weighted by atomic mass is 9.77. The van der Waals surface area contributed by atoms with Gasteiger partial charge in [0, 0.05) is 11.8 Å². The van der Waals surface area contributed by atoms with Crippen LogP contribution in [0.3, 0.4) is 0 Å². The van der Waals surface area contributed by atoms with Crippen LogP contribution in [0.5, 0.6) is 0 Å². The first-order valence-electron chi connectivity index (χ1n) is 5.90. The zero-order valence-corrected chi connectivity index (χ0v) is 8.65. The molecule has 4 atom stereocenters. The largest absolute Gasteiger partial charge is 0.0986 e. The molecule has 0 amide bonds. The van der Waals surface area contributed by atoms with Gasteiger partial charge in [-0.25, -0.2) is 0 Å². The van der Waals surface area contributed by atoms with Gasteiger partial charge in [-0.15, -0.1) is 0 Å². The summed E-state index contributed by atoms with van der Waals surface area (Å²) in [5.74, 6) is 3.30. The zero-order chi connectivity index (χ0) is 9.54. The van der Waals surface area contributed by atoms with E-state index in [1.165, 1.54) is 31.3 Å². The second kappa shape index (κ2) is 3.12. The smallest absolute Gasteiger partial charge is 0.00116 e. The van der Waals surface area contributed by atoms with E-state index in [-0.39, 0.29) is 0 Å². The number of rotatable bonds is 0. The van der Waals surface area contributed by atoms with Crippen LogP contribution in [-0.4, -0.2) is 0 Å². The molecule has 1 fully saturated rings. The van der Waals surface area contributed by atoms with E-state index in [0.717, 1.165) is 23.7 Å². The Hall–Kier alpha value is -0.780. The average molecular weight is 186 g/mol. The predicted molar refractivity (Wildman–Crippen MR) is 59.8 cm³/mol. The van der Waals surface area contributed by atoms with Crippen LogP contribution < -0.4 is 0 Å². The fourth-order valence-electron chi connectivity index (χ4n) is 3.68. The van der Waals surface area contributed by atoms with Gasteiger partial charge in [0.05, 0.1) is 0 Å². The van der Waals surface area contributed by atoms with Crippen molar-refractivity contribution in [2.75, 3.05) is 0 Å². The minimum Gasteiger partial charge on any atom is -0.0986 e. The Kier molecular flexibility index (Phi) is 1.90. The van der Waals surface area contributed by atoms with E-state index in [4.69, 9.17) is 0 Å². The summed E-state index contributed by atoms with van der Waals surface area (Å²) in [6, 6.07) is 0. The maximum absolute atomic E-state index is 4.28. The van der Waals surface area contributed by atoms with Crippen molar-refractivity contribution >= 4 is 0 Å². The van der Waals surface area contributed by atoms with Gasteiger partial charge in [-0.1, -0.05) is 36.5 Å². The van der Waals surface area contributed by atoms with E-state index in [1.807, 2.05) is 0 Å². The van der Waals surface area contributed by atoms with E-state index in [9.17, 15) is 0 Å². The lowest BCUT2D eigenvalue weighted by Gasteiger charge is -2.28. The molecule has 2 bridgehead atoms. The maximum atomic E-state index is 4.28. The highest BCUT2D eigenvalue weighted by atomic mass is 14.5. The van der Waals surface area contributed by atoms with Crippen molar-refractivity contribution in [3.05, 3.63) is 36.5 Å². The molecule has 1 saturated carbocycles. The standard InChI is InChI=1S/C14H18/c1-10-11-8-9-12(10)14-7-5-3-2-4-6-13(11)14/h2-3,8-9,11-14H,1,4-7H2/b3-2-/t11?,12?,13-,14+. The Labute approximate surface area is 86.4 Å². The summed E-state index contributed by atoms with van der Waals surface area (Å²) >= 11 is 0. The van der Waals surface area contributed by atoms with Crippen molar-refractivity contribution in [1.82, 2.24) is 0 Å². The van der Waals surface area contributed by atoms with E-state index in [2.05, 4.69) is 30.9 Å². The van der Waals surface area contributed by atoms with Crippen LogP contribution in [0.1, 0.15) is 25.7 Å². The highest BCUT2D eigenvalue weighted by Gasteiger charge is 2.45. The van der Waals surface area contributed by atoms with Crippen LogP contribution in [0, 0.1) is 23.7 Å². The molecule has 0 radical (unpaired) electrons. The normalized spacial score (nSPS) is 47.3. The fraction of sp³-hybridized carbons (Fsp3) is 0.571. The van der Waals surface area contributed by atoms with Gasteiger partial charge in [-0.2, -0.15) is 0 Å². The Morgan fingerprint density at radius 3 is 1.93 bits per heavy atom. The zero-order valence-electron chi connectivity index (χ0n) is 8.65. The molecular weight excluding hydrogens is 168 g/mol. The average Bonchev–Trinajstić information content (AvgIpc) is 2.59. The van der Waals surface area contributed by atoms with Crippen LogP contribution in [0.2, 0.25) is 0 Å². The highest BCUT2D eigenvalue weighted by molar-refractivity contribution is 5.33. The summed E-state index contributed by atoms with van der Waals surface area (Å²) in [6.07, 6.45) is 14.9. The number of hydrogen-bond acceptors (Lipinski definition) is 0. The highest BCUT2D eigenvalue weighted by Crippen LogP contribution is 2.54. The van der Waals surface area contributed by atoms with Crippen molar-refractivity contribution in [3.63, 3.8) is 0 Å². The van der Waals surface area contributed by atoms with Gasteiger partial charge in [-0.3, -0.25) is 0 Å². The van der Waals surface area contributed by atoms with Gasteiger partial charge in [0.1, 0.15) is 0 Å². The summed E-state index contributed by atoms with van der Waals surface area (Å²) in [5.41, 5.74) is 1.52. The molecule has 0 N–H and O–H groups in total. The molecule has 0 saturated heterocycles. The van der Waals surface area contributed by atoms with Crippen molar-refractivity contribution in [2.45, 2.75) is 25.7 Å². The summed E-state index contributed by atoms with van der Waals surface area (Å²) < 4.78 is 0. The number of allylic oxidation sites excluding steroid dienone is 5. The summed E-state index contributed by atoms with van der Waals surface area (Å²) in [4.78, 5) is 0. The van der Waals surface area contributed by atoms with E-state index >= 15 is 0 Å². The molecular formula is C14H18. The van der Waals surface area contributed by atoms with Crippen molar-refractivity contribution in [2.24, 2.45) is 23.7 Å². The minimum absolute atomic E-state index is 0.733. The molecule has 14 heavy (non-hydrogen) atoms. The van der Waals surface area contributed by atoms with Gasteiger partial charge in [0.15, 0.2) is 0 Å². The lowest BCUT2D eigenvalue weighted by Crippen LogP contribution is -2.20. The molecule has 74 valence electrons. The fourth-order valence-corrected chi connectivity index (χ4v) is 3.68. The lowest BCUT2D eigenvalue weighted by molar-refractivity contribution is 0.274. The molecule has 0 heteroatoms. The number of fused-ring (bicyclic) bond motifs is 5. The molecule has 0 aromatic rings.